The van der Waals surface area contributed by atoms with Crippen LogP contribution in [-0.2, 0) is 4.79 Å². The summed E-state index contributed by atoms with van der Waals surface area (Å²) in [6.07, 6.45) is -1.04. The third-order valence-electron chi connectivity index (χ3n) is 3.39. The summed E-state index contributed by atoms with van der Waals surface area (Å²) >= 11 is 0. The number of aliphatic hydroxyl groups is 1. The molecule has 4 heteroatoms. The minimum Gasteiger partial charge on any atom is -0.378 e. The molecule has 18 heavy (non-hydrogen) atoms. The zero-order valence-corrected chi connectivity index (χ0v) is 10.9. The molecule has 1 aromatic carbocycles. The van der Waals surface area contributed by atoms with Gasteiger partial charge in [0.2, 0.25) is 0 Å². The van der Waals surface area contributed by atoms with Gasteiger partial charge in [0.15, 0.2) is 6.10 Å². The van der Waals surface area contributed by atoms with Gasteiger partial charge in [-0.2, -0.15) is 0 Å². The number of rotatable bonds is 2. The van der Waals surface area contributed by atoms with E-state index in [1.807, 2.05) is 32.0 Å². The van der Waals surface area contributed by atoms with Gasteiger partial charge in [-0.3, -0.25) is 4.79 Å². The van der Waals surface area contributed by atoms with Crippen molar-refractivity contribution < 1.29 is 9.90 Å². The van der Waals surface area contributed by atoms with Gasteiger partial charge in [-0.25, -0.2) is 0 Å². The Labute approximate surface area is 108 Å². The number of piperazine rings is 1. The molecule has 98 valence electrons. The van der Waals surface area contributed by atoms with Crippen LogP contribution in [0.25, 0.3) is 0 Å². The van der Waals surface area contributed by atoms with E-state index in [1.54, 1.807) is 4.90 Å². The molecule has 1 fully saturated rings. The Morgan fingerprint density at radius 2 is 2.00 bits per heavy atom. The standard InChI is InChI=1S/C14H20N2O2/c1-10-3-4-11(2)12(9-10)13(17)14(18)16-7-5-15-6-8-16/h3-4,9,13,15,17H,5-8H2,1-2H3. The predicted octanol–water partition coefficient (Wildman–Crippen LogP) is 0.769. The van der Waals surface area contributed by atoms with Crippen molar-refractivity contribution >= 4 is 5.91 Å². The molecule has 0 spiro atoms. The van der Waals surface area contributed by atoms with E-state index in [0.29, 0.717) is 13.1 Å². The zero-order valence-electron chi connectivity index (χ0n) is 10.9. The van der Waals surface area contributed by atoms with E-state index in [4.69, 9.17) is 0 Å². The average molecular weight is 248 g/mol. The van der Waals surface area contributed by atoms with Crippen LogP contribution in [0.15, 0.2) is 18.2 Å². The van der Waals surface area contributed by atoms with Gasteiger partial charge in [-0.15, -0.1) is 0 Å². The second kappa shape index (κ2) is 5.50. The fraction of sp³-hybridized carbons (Fsp3) is 0.500. The zero-order chi connectivity index (χ0) is 13.1. The van der Waals surface area contributed by atoms with Crippen LogP contribution in [0.3, 0.4) is 0 Å². The molecule has 1 amide bonds. The lowest BCUT2D eigenvalue weighted by molar-refractivity contribution is -0.141. The largest absolute Gasteiger partial charge is 0.378 e. The maximum absolute atomic E-state index is 12.2. The summed E-state index contributed by atoms with van der Waals surface area (Å²) in [6, 6.07) is 5.82. The Hall–Kier alpha value is -1.39. The fourth-order valence-electron chi connectivity index (χ4n) is 2.25. The molecule has 0 bridgehead atoms. The maximum Gasteiger partial charge on any atom is 0.256 e. The van der Waals surface area contributed by atoms with Crippen molar-refractivity contribution in [3.63, 3.8) is 0 Å². The molecule has 1 aromatic rings. The molecule has 0 aliphatic carbocycles. The third kappa shape index (κ3) is 2.71. The number of hydrogen-bond acceptors (Lipinski definition) is 3. The molecule has 1 heterocycles. The lowest BCUT2D eigenvalue weighted by atomic mass is 10.00. The lowest BCUT2D eigenvalue weighted by Crippen LogP contribution is -2.48. The van der Waals surface area contributed by atoms with Crippen molar-refractivity contribution in [1.29, 1.82) is 0 Å². The topological polar surface area (TPSA) is 52.6 Å². The Morgan fingerprint density at radius 3 is 2.67 bits per heavy atom. The first-order valence-corrected chi connectivity index (χ1v) is 6.34. The van der Waals surface area contributed by atoms with Crippen molar-refractivity contribution in [3.8, 4) is 0 Å². The van der Waals surface area contributed by atoms with Crippen LogP contribution in [0.5, 0.6) is 0 Å². The molecule has 1 unspecified atom stereocenters. The van der Waals surface area contributed by atoms with Crippen molar-refractivity contribution in [2.24, 2.45) is 0 Å². The predicted molar refractivity (Wildman–Crippen MR) is 70.3 cm³/mol. The normalized spacial score (nSPS) is 17.6. The number of amides is 1. The quantitative estimate of drug-likeness (QED) is 0.813. The molecule has 1 atom stereocenters. The fourth-order valence-corrected chi connectivity index (χ4v) is 2.25. The number of benzene rings is 1. The first kappa shape index (κ1) is 13.1. The van der Waals surface area contributed by atoms with Gasteiger partial charge in [-0.05, 0) is 25.0 Å². The summed E-state index contributed by atoms with van der Waals surface area (Å²) in [5, 5.41) is 13.4. The minimum atomic E-state index is -1.04. The van der Waals surface area contributed by atoms with E-state index in [2.05, 4.69) is 5.32 Å². The maximum atomic E-state index is 12.2. The Kier molecular flexibility index (Phi) is 3.99. The van der Waals surface area contributed by atoms with E-state index in [9.17, 15) is 9.90 Å². The highest BCUT2D eigenvalue weighted by atomic mass is 16.3. The summed E-state index contributed by atoms with van der Waals surface area (Å²) < 4.78 is 0. The number of nitrogens with one attached hydrogen (secondary N) is 1. The van der Waals surface area contributed by atoms with Gasteiger partial charge >= 0.3 is 0 Å². The van der Waals surface area contributed by atoms with Crippen LogP contribution < -0.4 is 5.32 Å². The molecule has 1 aliphatic heterocycles. The molecule has 2 N–H and O–H groups in total. The molecular formula is C14H20N2O2. The SMILES string of the molecule is Cc1ccc(C)c(C(O)C(=O)N2CCNCC2)c1. The van der Waals surface area contributed by atoms with Gasteiger partial charge in [0.25, 0.3) is 5.91 Å². The van der Waals surface area contributed by atoms with Gasteiger partial charge in [0.05, 0.1) is 0 Å². The summed E-state index contributed by atoms with van der Waals surface area (Å²) in [5.74, 6) is -0.190. The second-order valence-corrected chi connectivity index (χ2v) is 4.84. The Morgan fingerprint density at radius 1 is 1.33 bits per heavy atom. The summed E-state index contributed by atoms with van der Waals surface area (Å²) in [7, 11) is 0. The van der Waals surface area contributed by atoms with Gasteiger partial charge in [0.1, 0.15) is 0 Å². The van der Waals surface area contributed by atoms with E-state index in [0.717, 1.165) is 29.8 Å². The Balaban J connectivity index is 2.16. The van der Waals surface area contributed by atoms with Crippen LogP contribution in [0, 0.1) is 13.8 Å². The molecular weight excluding hydrogens is 228 g/mol. The summed E-state index contributed by atoms with van der Waals surface area (Å²) in [4.78, 5) is 13.9. The van der Waals surface area contributed by atoms with Crippen molar-refractivity contribution in [2.75, 3.05) is 26.2 Å². The van der Waals surface area contributed by atoms with Crippen LogP contribution in [0.4, 0.5) is 0 Å². The van der Waals surface area contributed by atoms with Crippen molar-refractivity contribution in [1.82, 2.24) is 10.2 Å². The van der Waals surface area contributed by atoms with Gasteiger partial charge in [0, 0.05) is 26.2 Å². The minimum absolute atomic E-state index is 0.190. The van der Waals surface area contributed by atoms with E-state index in [-0.39, 0.29) is 5.91 Å². The smallest absolute Gasteiger partial charge is 0.256 e. The van der Waals surface area contributed by atoms with Crippen molar-refractivity contribution in [3.05, 3.63) is 34.9 Å². The molecule has 0 radical (unpaired) electrons. The van der Waals surface area contributed by atoms with Crippen LogP contribution in [0.2, 0.25) is 0 Å². The monoisotopic (exact) mass is 248 g/mol. The average Bonchev–Trinajstić information content (AvgIpc) is 2.41. The molecule has 0 aromatic heterocycles. The third-order valence-corrected chi connectivity index (χ3v) is 3.39. The number of nitrogens with zero attached hydrogens (tertiary/aromatic N) is 1. The van der Waals surface area contributed by atoms with Gasteiger partial charge < -0.3 is 15.3 Å². The molecule has 1 saturated heterocycles. The molecule has 0 saturated carbocycles. The Bertz CT molecular complexity index is 439. The van der Waals surface area contributed by atoms with Crippen LogP contribution in [0.1, 0.15) is 22.8 Å². The lowest BCUT2D eigenvalue weighted by Gasteiger charge is -2.29. The van der Waals surface area contributed by atoms with Crippen LogP contribution in [-0.4, -0.2) is 42.1 Å². The van der Waals surface area contributed by atoms with E-state index < -0.39 is 6.10 Å². The number of hydrogen-bond donors (Lipinski definition) is 2. The molecule has 4 nitrogen and oxygen atoms in total. The number of aryl methyl sites for hydroxylation is 2. The first-order chi connectivity index (χ1) is 8.59. The van der Waals surface area contributed by atoms with E-state index in [1.165, 1.54) is 0 Å². The first-order valence-electron chi connectivity index (χ1n) is 6.34. The summed E-state index contributed by atoms with van der Waals surface area (Å²) in [5.41, 5.74) is 2.73. The summed E-state index contributed by atoms with van der Waals surface area (Å²) in [6.45, 7) is 6.81. The highest BCUT2D eigenvalue weighted by molar-refractivity contribution is 5.82. The second-order valence-electron chi connectivity index (χ2n) is 4.84. The number of carbonyl (C=O) groups excluding carboxylic acids is 1. The molecule has 1 aliphatic rings. The van der Waals surface area contributed by atoms with Crippen LogP contribution >= 0.6 is 0 Å². The highest BCUT2D eigenvalue weighted by Crippen LogP contribution is 2.21. The van der Waals surface area contributed by atoms with E-state index >= 15 is 0 Å². The van der Waals surface area contributed by atoms with Gasteiger partial charge in [-0.1, -0.05) is 23.8 Å². The number of aliphatic hydroxyl groups excluding tert-OH is 1. The number of carbonyl (C=O) groups is 1. The van der Waals surface area contributed by atoms with Crippen molar-refractivity contribution in [2.45, 2.75) is 20.0 Å². The highest BCUT2D eigenvalue weighted by Gasteiger charge is 2.25. The molecule has 2 rings (SSSR count).